The normalized spacial score (nSPS) is 10.5. The SMILES string of the molecule is CCOc1ccc(NC(=O)c2nn(-c3ccccc3F)c(C)cc2=O)cc1OC. The van der Waals surface area contributed by atoms with E-state index in [9.17, 15) is 14.0 Å². The number of nitrogens with one attached hydrogen (secondary N) is 1. The van der Waals surface area contributed by atoms with Crippen LogP contribution in [0, 0.1) is 12.7 Å². The summed E-state index contributed by atoms with van der Waals surface area (Å²) < 4.78 is 26.1. The Labute approximate surface area is 166 Å². The van der Waals surface area contributed by atoms with Crippen LogP contribution in [0.4, 0.5) is 10.1 Å². The molecule has 8 heteroatoms. The molecule has 3 aromatic rings. The third kappa shape index (κ3) is 4.26. The molecular weight excluding hydrogens is 377 g/mol. The fourth-order valence-electron chi connectivity index (χ4n) is 2.78. The third-order valence-corrected chi connectivity index (χ3v) is 4.12. The molecule has 0 aliphatic carbocycles. The van der Waals surface area contributed by atoms with E-state index < -0.39 is 17.2 Å². The Morgan fingerprint density at radius 2 is 1.93 bits per heavy atom. The highest BCUT2D eigenvalue weighted by Gasteiger charge is 2.17. The molecule has 0 fully saturated rings. The number of rotatable bonds is 6. The molecule has 150 valence electrons. The number of anilines is 1. The first-order valence-corrected chi connectivity index (χ1v) is 8.92. The number of carbonyl (C=O) groups excluding carboxylic acids is 1. The molecule has 1 amide bonds. The molecule has 0 spiro atoms. The maximum absolute atomic E-state index is 14.2. The van der Waals surface area contributed by atoms with Crippen molar-refractivity contribution in [1.29, 1.82) is 0 Å². The Hall–Kier alpha value is -3.68. The largest absolute Gasteiger partial charge is 0.493 e. The van der Waals surface area contributed by atoms with Crippen molar-refractivity contribution in [2.24, 2.45) is 0 Å². The van der Waals surface area contributed by atoms with Gasteiger partial charge in [0, 0.05) is 23.5 Å². The van der Waals surface area contributed by atoms with E-state index in [0.29, 0.717) is 29.5 Å². The van der Waals surface area contributed by atoms with Crippen LogP contribution in [0.5, 0.6) is 11.5 Å². The van der Waals surface area contributed by atoms with Gasteiger partial charge in [0.25, 0.3) is 5.91 Å². The van der Waals surface area contributed by atoms with Gasteiger partial charge in [0.05, 0.1) is 13.7 Å². The average Bonchev–Trinajstić information content (AvgIpc) is 2.70. The Morgan fingerprint density at radius 3 is 2.62 bits per heavy atom. The second kappa shape index (κ2) is 8.55. The lowest BCUT2D eigenvalue weighted by atomic mass is 10.2. The summed E-state index contributed by atoms with van der Waals surface area (Å²) in [5.41, 5.74) is 0.0212. The van der Waals surface area contributed by atoms with Gasteiger partial charge >= 0.3 is 0 Å². The maximum atomic E-state index is 14.2. The van der Waals surface area contributed by atoms with Crippen LogP contribution in [0.1, 0.15) is 23.1 Å². The van der Waals surface area contributed by atoms with Crippen LogP contribution in [0.25, 0.3) is 5.69 Å². The van der Waals surface area contributed by atoms with Crippen LogP contribution in [-0.2, 0) is 0 Å². The Bertz CT molecular complexity index is 1110. The topological polar surface area (TPSA) is 82.5 Å². The molecule has 0 bridgehead atoms. The number of ether oxygens (including phenoxy) is 2. The van der Waals surface area contributed by atoms with Crippen molar-refractivity contribution >= 4 is 11.6 Å². The van der Waals surface area contributed by atoms with E-state index in [2.05, 4.69) is 10.4 Å². The van der Waals surface area contributed by atoms with Gasteiger partial charge in [-0.15, -0.1) is 0 Å². The molecule has 0 aliphatic rings. The van der Waals surface area contributed by atoms with Crippen LogP contribution < -0.4 is 20.2 Å². The molecule has 7 nitrogen and oxygen atoms in total. The highest BCUT2D eigenvalue weighted by molar-refractivity contribution is 6.02. The van der Waals surface area contributed by atoms with Gasteiger partial charge in [-0.25, -0.2) is 9.07 Å². The summed E-state index contributed by atoms with van der Waals surface area (Å²) in [6.45, 7) is 3.92. The van der Waals surface area contributed by atoms with Crippen molar-refractivity contribution in [3.05, 3.63) is 76.0 Å². The van der Waals surface area contributed by atoms with Gasteiger partial charge in [-0.3, -0.25) is 9.59 Å². The zero-order valence-corrected chi connectivity index (χ0v) is 16.2. The zero-order chi connectivity index (χ0) is 21.0. The molecule has 0 radical (unpaired) electrons. The van der Waals surface area contributed by atoms with Crippen molar-refractivity contribution in [3.8, 4) is 17.2 Å². The van der Waals surface area contributed by atoms with Gasteiger partial charge in [0.15, 0.2) is 17.2 Å². The van der Waals surface area contributed by atoms with Gasteiger partial charge in [-0.2, -0.15) is 5.10 Å². The molecule has 0 aliphatic heterocycles. The highest BCUT2D eigenvalue weighted by atomic mass is 19.1. The van der Waals surface area contributed by atoms with Crippen molar-refractivity contribution in [2.45, 2.75) is 13.8 Å². The molecule has 1 N–H and O–H groups in total. The predicted molar refractivity (Wildman–Crippen MR) is 107 cm³/mol. The minimum absolute atomic E-state index is 0.141. The fraction of sp³-hybridized carbons (Fsp3) is 0.190. The van der Waals surface area contributed by atoms with Crippen molar-refractivity contribution in [1.82, 2.24) is 9.78 Å². The van der Waals surface area contributed by atoms with Crippen LogP contribution in [-0.4, -0.2) is 29.4 Å². The number of aryl methyl sites for hydroxylation is 1. The number of benzene rings is 2. The first-order valence-electron chi connectivity index (χ1n) is 8.92. The second-order valence-corrected chi connectivity index (χ2v) is 6.11. The highest BCUT2D eigenvalue weighted by Crippen LogP contribution is 2.30. The number of nitrogens with zero attached hydrogens (tertiary/aromatic N) is 2. The molecule has 0 saturated carbocycles. The van der Waals surface area contributed by atoms with Gasteiger partial charge in [0.2, 0.25) is 5.43 Å². The second-order valence-electron chi connectivity index (χ2n) is 6.11. The number of halogens is 1. The number of hydrogen-bond acceptors (Lipinski definition) is 5. The van der Waals surface area contributed by atoms with E-state index in [-0.39, 0.29) is 11.4 Å². The number of amides is 1. The van der Waals surface area contributed by atoms with Crippen molar-refractivity contribution < 1.29 is 18.7 Å². The summed E-state index contributed by atoms with van der Waals surface area (Å²) in [7, 11) is 1.48. The van der Waals surface area contributed by atoms with Crippen LogP contribution in [0.3, 0.4) is 0 Å². The third-order valence-electron chi connectivity index (χ3n) is 4.12. The number of carbonyl (C=O) groups is 1. The van der Waals surface area contributed by atoms with Crippen molar-refractivity contribution in [2.75, 3.05) is 19.0 Å². The monoisotopic (exact) mass is 397 g/mol. The molecule has 29 heavy (non-hydrogen) atoms. The molecule has 3 rings (SSSR count). The first kappa shape index (κ1) is 20.1. The molecule has 1 heterocycles. The summed E-state index contributed by atoms with van der Waals surface area (Å²) >= 11 is 0. The van der Waals surface area contributed by atoms with Gasteiger partial charge < -0.3 is 14.8 Å². The smallest absolute Gasteiger partial charge is 0.280 e. The predicted octanol–water partition coefficient (Wildman–Crippen LogP) is 3.34. The molecule has 0 atom stereocenters. The zero-order valence-electron chi connectivity index (χ0n) is 16.2. The van der Waals surface area contributed by atoms with Crippen LogP contribution in [0.15, 0.2) is 53.3 Å². The average molecular weight is 397 g/mol. The lowest BCUT2D eigenvalue weighted by Gasteiger charge is -2.13. The number of methoxy groups -OCH3 is 1. The van der Waals surface area contributed by atoms with Crippen molar-refractivity contribution in [3.63, 3.8) is 0 Å². The molecule has 0 unspecified atom stereocenters. The van der Waals surface area contributed by atoms with E-state index in [1.165, 1.54) is 30.0 Å². The standard InChI is InChI=1S/C21H20FN3O4/c1-4-29-18-10-9-14(12-19(18)28-3)23-21(27)20-17(26)11-13(2)25(24-20)16-8-6-5-7-15(16)22/h5-12H,4H2,1-3H3,(H,23,27). The minimum atomic E-state index is -0.716. The fourth-order valence-corrected chi connectivity index (χ4v) is 2.78. The van der Waals surface area contributed by atoms with Gasteiger partial charge in [-0.05, 0) is 38.1 Å². The van der Waals surface area contributed by atoms with Crippen LogP contribution in [0.2, 0.25) is 0 Å². The summed E-state index contributed by atoms with van der Waals surface area (Å²) in [6, 6.07) is 12.1. The van der Waals surface area contributed by atoms with E-state index in [1.807, 2.05) is 6.92 Å². The number of para-hydroxylation sites is 1. The quantitative estimate of drug-likeness (QED) is 0.690. The molecule has 0 saturated heterocycles. The maximum Gasteiger partial charge on any atom is 0.280 e. The lowest BCUT2D eigenvalue weighted by molar-refractivity contribution is 0.101. The van der Waals surface area contributed by atoms with E-state index in [4.69, 9.17) is 9.47 Å². The Balaban J connectivity index is 1.95. The summed E-state index contributed by atoms with van der Waals surface area (Å²) in [4.78, 5) is 25.0. The number of hydrogen-bond donors (Lipinski definition) is 1. The molecule has 2 aromatic carbocycles. The minimum Gasteiger partial charge on any atom is -0.493 e. The number of aromatic nitrogens is 2. The van der Waals surface area contributed by atoms with Crippen LogP contribution >= 0.6 is 0 Å². The van der Waals surface area contributed by atoms with E-state index in [1.54, 1.807) is 37.3 Å². The molecular formula is C21H20FN3O4. The Kier molecular flexibility index (Phi) is 5.92. The summed E-state index contributed by atoms with van der Waals surface area (Å²) in [5, 5.41) is 6.70. The summed E-state index contributed by atoms with van der Waals surface area (Å²) in [5.74, 6) is -0.269. The summed E-state index contributed by atoms with van der Waals surface area (Å²) in [6.07, 6.45) is 0. The molecule has 1 aromatic heterocycles. The van der Waals surface area contributed by atoms with Gasteiger partial charge in [0.1, 0.15) is 11.5 Å². The first-order chi connectivity index (χ1) is 13.9. The van der Waals surface area contributed by atoms with Gasteiger partial charge in [-0.1, -0.05) is 12.1 Å². The Morgan fingerprint density at radius 1 is 1.17 bits per heavy atom. The lowest BCUT2D eigenvalue weighted by Crippen LogP contribution is -2.27. The van der Waals surface area contributed by atoms with E-state index >= 15 is 0 Å². The van der Waals surface area contributed by atoms with E-state index in [0.717, 1.165) is 0 Å².